The zero-order valence-electron chi connectivity index (χ0n) is 9.20. The van der Waals surface area contributed by atoms with E-state index in [0.717, 1.165) is 0 Å². The third kappa shape index (κ3) is 1.36. The van der Waals surface area contributed by atoms with E-state index in [1.807, 2.05) is 11.4 Å². The number of carboxylic acids is 1. The van der Waals surface area contributed by atoms with Crippen LogP contribution in [0.4, 0.5) is 0 Å². The molecule has 0 saturated carbocycles. The Bertz CT molecular complexity index is 447. The number of carbonyl (C=O) groups is 2. The Hall–Kier alpha value is 0.144. The molecular weight excluding hydrogens is 313 g/mol. The molecule has 6 nitrogen and oxygen atoms in total. The van der Waals surface area contributed by atoms with Gasteiger partial charge in [-0.1, -0.05) is 0 Å². The largest absolute Gasteiger partial charge is 0.480 e. The van der Waals surface area contributed by atoms with Crippen molar-refractivity contribution in [1.29, 1.82) is 0 Å². The third-order valence-electron chi connectivity index (χ3n) is 3.70. The van der Waals surface area contributed by atoms with Crippen LogP contribution in [0.25, 0.3) is 0 Å². The average Bonchev–Trinajstić information content (AvgIpc) is 2.99. The van der Waals surface area contributed by atoms with Gasteiger partial charge in [0.25, 0.3) is 0 Å². The van der Waals surface area contributed by atoms with Crippen LogP contribution >= 0.6 is 23.5 Å². The van der Waals surface area contributed by atoms with Crippen LogP contribution < -0.4 is 5.32 Å². The quantitative estimate of drug-likeness (QED) is 0.480. The summed E-state index contributed by atoms with van der Waals surface area (Å²) in [7, 11) is 0. The number of hydrogen-bond acceptors (Lipinski definition) is 6. The number of nitrogens with zero attached hydrogens (tertiary/aromatic N) is 2. The van der Waals surface area contributed by atoms with Gasteiger partial charge in [-0.2, -0.15) is 0 Å². The second-order valence-electron chi connectivity index (χ2n) is 4.61. The van der Waals surface area contributed by atoms with Gasteiger partial charge in [0.2, 0.25) is 5.91 Å². The molecule has 4 heterocycles. The van der Waals surface area contributed by atoms with Crippen molar-refractivity contribution >= 4 is 35.4 Å². The van der Waals surface area contributed by atoms with Crippen molar-refractivity contribution in [2.45, 2.75) is 15.9 Å². The fraction of sp³-hybridized carbons (Fsp3) is 0.667. The van der Waals surface area contributed by atoms with Crippen LogP contribution in [0.5, 0.6) is 0 Å². The Morgan fingerprint density at radius 3 is 2.89 bits per heavy atom. The number of hydrogen-bond donors (Lipinski definition) is 2. The van der Waals surface area contributed by atoms with Crippen molar-refractivity contribution in [3.8, 4) is 0 Å². The van der Waals surface area contributed by atoms with Crippen LogP contribution in [0, 0.1) is 6.54 Å². The summed E-state index contributed by atoms with van der Waals surface area (Å²) in [6.45, 7) is 2.26. The maximum absolute atomic E-state index is 12.2. The van der Waals surface area contributed by atoms with E-state index in [2.05, 4.69) is 5.32 Å². The summed E-state index contributed by atoms with van der Waals surface area (Å²) in [4.78, 5) is 27.0. The molecule has 2 N–H and O–H groups in total. The first kappa shape index (κ1) is 13.1. The van der Waals surface area contributed by atoms with Crippen molar-refractivity contribution in [2.24, 2.45) is 0 Å². The van der Waals surface area contributed by atoms with E-state index in [1.54, 1.807) is 28.4 Å². The summed E-state index contributed by atoms with van der Waals surface area (Å²) in [5.41, 5.74) is -0.454. The predicted octanol–water partition coefficient (Wildman–Crippen LogP) is -0.853. The molecule has 0 aromatic rings. The number of nitrogens with one attached hydrogen (secondary N) is 1. The average molecular weight is 323 g/mol. The van der Waals surface area contributed by atoms with Gasteiger partial charge in [0.05, 0.1) is 6.67 Å². The molecule has 1 radical (unpaired) electrons. The molecule has 0 aromatic carbocycles. The SMILES string of the molecule is O=C(O)C1CSC23SCC4([CH-]N4)C(=O)N2CN13.[V]. The zero-order valence-corrected chi connectivity index (χ0v) is 12.2. The first-order chi connectivity index (χ1) is 8.09. The second kappa shape index (κ2) is 3.83. The van der Waals surface area contributed by atoms with E-state index in [4.69, 9.17) is 5.11 Å². The molecular formula is C9H10N3O3S2V-. The molecule has 4 aliphatic heterocycles. The molecule has 4 saturated heterocycles. The first-order valence-corrected chi connectivity index (χ1v) is 7.28. The van der Waals surface area contributed by atoms with Gasteiger partial charge in [-0.25, -0.2) is 11.4 Å². The smallest absolute Gasteiger partial charge is 0.321 e. The second-order valence-corrected chi connectivity index (χ2v) is 7.20. The van der Waals surface area contributed by atoms with E-state index >= 15 is 0 Å². The van der Waals surface area contributed by atoms with E-state index < -0.39 is 21.9 Å². The minimum atomic E-state index is -0.793. The van der Waals surface area contributed by atoms with Gasteiger partial charge in [0.15, 0.2) is 4.33 Å². The van der Waals surface area contributed by atoms with E-state index in [0.29, 0.717) is 18.2 Å². The van der Waals surface area contributed by atoms with Crippen LogP contribution in [-0.4, -0.2) is 60.9 Å². The van der Waals surface area contributed by atoms with Crippen LogP contribution in [-0.2, 0) is 28.1 Å². The summed E-state index contributed by atoms with van der Waals surface area (Å²) in [5.74, 6) is 0.540. The van der Waals surface area contributed by atoms with Gasteiger partial charge < -0.3 is 10.4 Å². The number of thioether (sulfide) groups is 2. The molecule has 9 heteroatoms. The molecule has 3 atom stereocenters. The van der Waals surface area contributed by atoms with Gasteiger partial charge >= 0.3 is 5.97 Å². The van der Waals surface area contributed by atoms with E-state index in [-0.39, 0.29) is 24.5 Å². The third-order valence-corrected chi connectivity index (χ3v) is 7.15. The van der Waals surface area contributed by atoms with E-state index in [1.165, 1.54) is 0 Å². The fourth-order valence-corrected chi connectivity index (χ4v) is 5.96. The van der Waals surface area contributed by atoms with Crippen molar-refractivity contribution in [1.82, 2.24) is 15.1 Å². The number of amides is 1. The van der Waals surface area contributed by atoms with Gasteiger partial charge in [-0.05, 0) is 11.3 Å². The first-order valence-electron chi connectivity index (χ1n) is 5.31. The summed E-state index contributed by atoms with van der Waals surface area (Å²) in [5, 5.41) is 12.1. The minimum absolute atomic E-state index is 0. The Morgan fingerprint density at radius 1 is 1.56 bits per heavy atom. The molecule has 1 amide bonds. The molecule has 3 unspecified atom stereocenters. The monoisotopic (exact) mass is 323 g/mol. The molecule has 4 rings (SSSR count). The van der Waals surface area contributed by atoms with Crippen molar-refractivity contribution < 1.29 is 33.3 Å². The molecule has 2 spiro atoms. The van der Waals surface area contributed by atoms with Gasteiger partial charge in [-0.3, -0.25) is 14.5 Å². The Kier molecular flexibility index (Phi) is 2.80. The predicted molar refractivity (Wildman–Crippen MR) is 62.8 cm³/mol. The molecule has 18 heavy (non-hydrogen) atoms. The molecule has 4 aliphatic rings. The summed E-state index contributed by atoms with van der Waals surface area (Å²) in [6.07, 6.45) is 0. The zero-order chi connectivity index (χ0) is 11.8. The van der Waals surface area contributed by atoms with Crippen molar-refractivity contribution in [3.63, 3.8) is 0 Å². The molecule has 0 aromatic heterocycles. The maximum Gasteiger partial charge on any atom is 0.321 e. The van der Waals surface area contributed by atoms with Crippen molar-refractivity contribution in [3.05, 3.63) is 6.54 Å². The van der Waals surface area contributed by atoms with Crippen LogP contribution in [0.2, 0.25) is 0 Å². The number of carbonyl (C=O) groups excluding carboxylic acids is 1. The molecule has 97 valence electrons. The van der Waals surface area contributed by atoms with Gasteiger partial charge in [-0.15, -0.1) is 23.5 Å². The Morgan fingerprint density at radius 2 is 2.28 bits per heavy atom. The number of carboxylic acid groups (broad SMARTS) is 1. The number of aliphatic carboxylic acids is 1. The van der Waals surface area contributed by atoms with E-state index in [9.17, 15) is 9.59 Å². The fourth-order valence-electron chi connectivity index (χ4n) is 2.55. The summed E-state index contributed by atoms with van der Waals surface area (Å²) in [6, 6.07) is -0.457. The summed E-state index contributed by atoms with van der Waals surface area (Å²) >= 11 is 3.23. The Labute approximate surface area is 124 Å². The standard InChI is InChI=1S/C9H10N3O3S2.V/c13-6(14)5-1-16-9-11(5)4-12(9)7(15)8(2-10-8)3-17-9;/h2,5,10H,1,3-4H2,(H,13,14);/q-1;. The van der Waals surface area contributed by atoms with Crippen molar-refractivity contribution in [2.75, 3.05) is 18.2 Å². The maximum atomic E-state index is 12.2. The van der Waals surface area contributed by atoms with Crippen LogP contribution in [0.1, 0.15) is 0 Å². The minimum Gasteiger partial charge on any atom is -0.480 e. The van der Waals surface area contributed by atoms with Crippen LogP contribution in [0.15, 0.2) is 0 Å². The normalized spacial score (nSPS) is 45.0. The van der Waals surface area contributed by atoms with Gasteiger partial charge in [0, 0.05) is 24.3 Å². The van der Waals surface area contributed by atoms with Gasteiger partial charge in [0.1, 0.15) is 6.04 Å². The summed E-state index contributed by atoms with van der Waals surface area (Å²) < 4.78 is -0.441. The molecule has 4 fully saturated rings. The van der Waals surface area contributed by atoms with Crippen LogP contribution in [0.3, 0.4) is 0 Å². The number of rotatable bonds is 1. The topological polar surface area (TPSA) is 82.8 Å². The molecule has 0 bridgehead atoms. The Balaban J connectivity index is 0.000001000. The molecule has 0 aliphatic carbocycles.